The summed E-state index contributed by atoms with van der Waals surface area (Å²) in [7, 11) is 3.35. The molecule has 5 nitrogen and oxygen atoms in total. The predicted octanol–water partition coefficient (Wildman–Crippen LogP) is 2.62. The number of amides is 2. The van der Waals surface area contributed by atoms with Crippen molar-refractivity contribution in [2.75, 3.05) is 19.4 Å². The van der Waals surface area contributed by atoms with E-state index in [1.54, 1.807) is 38.4 Å². The number of carbonyl (C=O) groups excluding carboxylic acids is 2. The highest BCUT2D eigenvalue weighted by atomic mass is 35.5. The molecule has 2 aromatic rings. The quantitative estimate of drug-likeness (QED) is 0.913. The molecule has 0 aliphatic heterocycles. The molecule has 0 unspecified atom stereocenters. The van der Waals surface area contributed by atoms with E-state index >= 15 is 0 Å². The number of rotatable bonds is 3. The average Bonchev–Trinajstić information content (AvgIpc) is 2.85. The summed E-state index contributed by atoms with van der Waals surface area (Å²) >= 11 is 5.75. The molecule has 20 heavy (non-hydrogen) atoms. The Kier molecular flexibility index (Phi) is 4.10. The van der Waals surface area contributed by atoms with Crippen LogP contribution >= 0.6 is 11.6 Å². The number of nitrogens with one attached hydrogen (secondary N) is 2. The Morgan fingerprint density at radius 1 is 1.25 bits per heavy atom. The van der Waals surface area contributed by atoms with E-state index in [0.717, 1.165) is 0 Å². The summed E-state index contributed by atoms with van der Waals surface area (Å²) in [4.78, 5) is 28.0. The van der Waals surface area contributed by atoms with Gasteiger partial charge in [-0.1, -0.05) is 17.7 Å². The first kappa shape index (κ1) is 14.1. The zero-order valence-electron chi connectivity index (χ0n) is 11.1. The van der Waals surface area contributed by atoms with Crippen LogP contribution in [-0.2, 0) is 0 Å². The van der Waals surface area contributed by atoms with Gasteiger partial charge in [-0.15, -0.1) is 0 Å². The van der Waals surface area contributed by atoms with Gasteiger partial charge in [0.15, 0.2) is 0 Å². The molecular formula is C14H14ClN3O2. The first-order valence-electron chi connectivity index (χ1n) is 5.94. The van der Waals surface area contributed by atoms with Crippen LogP contribution in [0.4, 0.5) is 5.69 Å². The molecule has 0 aliphatic rings. The van der Waals surface area contributed by atoms with E-state index in [4.69, 9.17) is 11.6 Å². The highest BCUT2D eigenvalue weighted by Crippen LogP contribution is 2.15. The minimum Gasteiger partial charge on any atom is -0.356 e. The summed E-state index contributed by atoms with van der Waals surface area (Å²) in [6.07, 6.45) is 1.53. The summed E-state index contributed by atoms with van der Waals surface area (Å²) in [6.45, 7) is 0. The fourth-order valence-electron chi connectivity index (χ4n) is 1.69. The second-order valence-corrected chi connectivity index (χ2v) is 4.90. The first-order valence-corrected chi connectivity index (χ1v) is 6.32. The molecule has 0 aliphatic carbocycles. The Labute approximate surface area is 121 Å². The van der Waals surface area contributed by atoms with E-state index < -0.39 is 0 Å². The number of hydrogen-bond acceptors (Lipinski definition) is 2. The van der Waals surface area contributed by atoms with Crippen molar-refractivity contribution in [2.24, 2.45) is 0 Å². The largest absolute Gasteiger partial charge is 0.356 e. The van der Waals surface area contributed by atoms with Crippen LogP contribution in [0.1, 0.15) is 20.8 Å². The Morgan fingerprint density at radius 2 is 2.00 bits per heavy atom. The van der Waals surface area contributed by atoms with E-state index in [1.165, 1.54) is 17.2 Å². The lowest BCUT2D eigenvalue weighted by Gasteiger charge is -2.11. The molecule has 1 aromatic heterocycles. The van der Waals surface area contributed by atoms with Crippen molar-refractivity contribution >= 4 is 29.1 Å². The van der Waals surface area contributed by atoms with Crippen LogP contribution in [-0.4, -0.2) is 35.8 Å². The molecule has 2 rings (SSSR count). The van der Waals surface area contributed by atoms with Gasteiger partial charge in [0.1, 0.15) is 5.69 Å². The standard InChI is InChI=1S/C14H14ClN3O2/c1-18(2)14(20)9-4-3-5-11(6-9)17-13(19)12-7-10(15)8-16-12/h3-8,16H,1-2H3,(H,17,19). The van der Waals surface area contributed by atoms with Crippen molar-refractivity contribution in [2.45, 2.75) is 0 Å². The highest BCUT2D eigenvalue weighted by molar-refractivity contribution is 6.31. The van der Waals surface area contributed by atoms with Crippen molar-refractivity contribution in [3.05, 3.63) is 52.8 Å². The van der Waals surface area contributed by atoms with Gasteiger partial charge in [-0.25, -0.2) is 0 Å². The molecule has 0 fully saturated rings. The van der Waals surface area contributed by atoms with Crippen molar-refractivity contribution in [1.29, 1.82) is 0 Å². The van der Waals surface area contributed by atoms with Gasteiger partial charge in [0.25, 0.3) is 11.8 Å². The van der Waals surface area contributed by atoms with Gasteiger partial charge >= 0.3 is 0 Å². The van der Waals surface area contributed by atoms with Gasteiger partial charge in [0, 0.05) is 31.5 Å². The lowest BCUT2D eigenvalue weighted by atomic mass is 10.2. The third-order valence-electron chi connectivity index (χ3n) is 2.67. The minimum atomic E-state index is -0.314. The SMILES string of the molecule is CN(C)C(=O)c1cccc(NC(=O)c2cc(Cl)c[nH]2)c1. The van der Waals surface area contributed by atoms with E-state index in [9.17, 15) is 9.59 Å². The topological polar surface area (TPSA) is 65.2 Å². The molecule has 0 atom stereocenters. The Hall–Kier alpha value is -2.27. The van der Waals surface area contributed by atoms with Crippen molar-refractivity contribution in [3.8, 4) is 0 Å². The van der Waals surface area contributed by atoms with E-state index in [1.807, 2.05) is 0 Å². The van der Waals surface area contributed by atoms with Gasteiger partial charge in [0.2, 0.25) is 0 Å². The van der Waals surface area contributed by atoms with E-state index in [-0.39, 0.29) is 11.8 Å². The highest BCUT2D eigenvalue weighted by Gasteiger charge is 2.11. The lowest BCUT2D eigenvalue weighted by Crippen LogP contribution is -2.22. The van der Waals surface area contributed by atoms with Gasteiger partial charge in [0.05, 0.1) is 5.02 Å². The number of hydrogen-bond donors (Lipinski definition) is 2. The van der Waals surface area contributed by atoms with E-state index in [0.29, 0.717) is 22.0 Å². The Bertz CT molecular complexity index is 649. The van der Waals surface area contributed by atoms with Gasteiger partial charge in [-0.05, 0) is 24.3 Å². The summed E-state index contributed by atoms with van der Waals surface area (Å²) < 4.78 is 0. The smallest absolute Gasteiger partial charge is 0.272 e. The van der Waals surface area contributed by atoms with E-state index in [2.05, 4.69) is 10.3 Å². The molecule has 1 heterocycles. The molecule has 0 saturated carbocycles. The number of nitrogens with zero attached hydrogens (tertiary/aromatic N) is 1. The average molecular weight is 292 g/mol. The van der Waals surface area contributed by atoms with Crippen LogP contribution < -0.4 is 5.32 Å². The monoisotopic (exact) mass is 291 g/mol. The summed E-state index contributed by atoms with van der Waals surface area (Å²) in [6, 6.07) is 8.29. The molecule has 0 saturated heterocycles. The fraction of sp³-hybridized carbons (Fsp3) is 0.143. The van der Waals surface area contributed by atoms with Crippen molar-refractivity contribution in [3.63, 3.8) is 0 Å². The third-order valence-corrected chi connectivity index (χ3v) is 2.88. The molecule has 0 radical (unpaired) electrons. The molecule has 6 heteroatoms. The van der Waals surface area contributed by atoms with Crippen LogP contribution in [0.3, 0.4) is 0 Å². The molecule has 2 N–H and O–H groups in total. The Morgan fingerprint density at radius 3 is 2.60 bits per heavy atom. The third kappa shape index (κ3) is 3.19. The van der Waals surface area contributed by atoms with Crippen LogP contribution in [0.15, 0.2) is 36.5 Å². The maximum absolute atomic E-state index is 11.9. The van der Waals surface area contributed by atoms with Crippen LogP contribution in [0.2, 0.25) is 5.02 Å². The predicted molar refractivity (Wildman–Crippen MR) is 78.2 cm³/mol. The maximum atomic E-state index is 11.9. The Balaban J connectivity index is 2.16. The molecular weight excluding hydrogens is 278 g/mol. The van der Waals surface area contributed by atoms with Gasteiger partial charge in [-0.2, -0.15) is 0 Å². The number of halogens is 1. The molecule has 1 aromatic carbocycles. The number of H-pyrrole nitrogens is 1. The number of benzene rings is 1. The summed E-state index contributed by atoms with van der Waals surface area (Å²) in [5.74, 6) is -0.435. The summed E-state index contributed by atoms with van der Waals surface area (Å²) in [5.41, 5.74) is 1.42. The van der Waals surface area contributed by atoms with Crippen molar-refractivity contribution in [1.82, 2.24) is 9.88 Å². The van der Waals surface area contributed by atoms with Crippen LogP contribution in [0.5, 0.6) is 0 Å². The number of carbonyl (C=O) groups is 2. The minimum absolute atomic E-state index is 0.121. The maximum Gasteiger partial charge on any atom is 0.272 e. The van der Waals surface area contributed by atoms with Crippen LogP contribution in [0, 0.1) is 0 Å². The number of anilines is 1. The summed E-state index contributed by atoms with van der Waals surface area (Å²) in [5, 5.41) is 3.17. The fourth-order valence-corrected chi connectivity index (χ4v) is 1.85. The second-order valence-electron chi connectivity index (χ2n) is 4.47. The zero-order chi connectivity index (χ0) is 14.7. The normalized spacial score (nSPS) is 10.2. The number of aromatic amines is 1. The lowest BCUT2D eigenvalue weighted by molar-refractivity contribution is 0.0827. The molecule has 0 spiro atoms. The second kappa shape index (κ2) is 5.79. The van der Waals surface area contributed by atoms with Gasteiger partial charge in [-0.3, -0.25) is 9.59 Å². The molecule has 0 bridgehead atoms. The molecule has 104 valence electrons. The first-order chi connectivity index (χ1) is 9.47. The van der Waals surface area contributed by atoms with Crippen molar-refractivity contribution < 1.29 is 9.59 Å². The van der Waals surface area contributed by atoms with Gasteiger partial charge < -0.3 is 15.2 Å². The van der Waals surface area contributed by atoms with Crippen LogP contribution in [0.25, 0.3) is 0 Å². The molecule has 2 amide bonds. The zero-order valence-corrected chi connectivity index (χ0v) is 11.9. The number of aromatic nitrogens is 1.